The first kappa shape index (κ1) is 16.5. The molecule has 1 aliphatic rings. The van der Waals surface area contributed by atoms with Gasteiger partial charge in [0, 0.05) is 6.04 Å². The Bertz CT molecular complexity index is 424. The van der Waals surface area contributed by atoms with Crippen LogP contribution >= 0.6 is 0 Å². The summed E-state index contributed by atoms with van der Waals surface area (Å²) in [5.41, 5.74) is 1.62. The normalized spacial score (nSPS) is 24.8. The van der Waals surface area contributed by atoms with Crippen LogP contribution in [-0.2, 0) is 0 Å². The van der Waals surface area contributed by atoms with Gasteiger partial charge in [0.1, 0.15) is 5.82 Å². The van der Waals surface area contributed by atoms with Crippen LogP contribution in [0, 0.1) is 23.1 Å². The zero-order valence-electron chi connectivity index (χ0n) is 14.0. The van der Waals surface area contributed by atoms with Gasteiger partial charge in [0.25, 0.3) is 0 Å². The van der Waals surface area contributed by atoms with Gasteiger partial charge in [-0.05, 0) is 74.1 Å². The van der Waals surface area contributed by atoms with Gasteiger partial charge >= 0.3 is 0 Å². The van der Waals surface area contributed by atoms with E-state index in [0.29, 0.717) is 11.5 Å². The van der Waals surface area contributed by atoms with Crippen molar-refractivity contribution in [2.45, 2.75) is 59.4 Å². The minimum Gasteiger partial charge on any atom is -0.310 e. The molecule has 0 saturated heterocycles. The number of halogens is 1. The van der Waals surface area contributed by atoms with E-state index >= 15 is 0 Å². The predicted molar refractivity (Wildman–Crippen MR) is 87.7 cm³/mol. The molecule has 21 heavy (non-hydrogen) atoms. The Balaban J connectivity index is 1.76. The fourth-order valence-corrected chi connectivity index (χ4v) is 3.45. The van der Waals surface area contributed by atoms with Gasteiger partial charge in [0.2, 0.25) is 0 Å². The molecule has 1 nitrogen and oxygen atoms in total. The lowest BCUT2D eigenvalue weighted by molar-refractivity contribution is 0.148. The molecule has 1 aliphatic carbocycles. The molecule has 1 aromatic rings. The molecule has 0 aliphatic heterocycles. The summed E-state index contributed by atoms with van der Waals surface area (Å²) in [7, 11) is 0. The summed E-state index contributed by atoms with van der Waals surface area (Å²) in [6.45, 7) is 10.3. The first-order valence-corrected chi connectivity index (χ1v) is 8.35. The summed E-state index contributed by atoms with van der Waals surface area (Å²) < 4.78 is 12.9. The lowest BCUT2D eigenvalue weighted by Crippen LogP contribution is -2.31. The van der Waals surface area contributed by atoms with Crippen molar-refractivity contribution in [3.05, 3.63) is 35.6 Å². The summed E-state index contributed by atoms with van der Waals surface area (Å²) in [4.78, 5) is 0. The van der Waals surface area contributed by atoms with Crippen molar-refractivity contribution in [1.82, 2.24) is 5.32 Å². The van der Waals surface area contributed by atoms with Gasteiger partial charge in [0.15, 0.2) is 0 Å². The first-order valence-electron chi connectivity index (χ1n) is 8.35. The zero-order chi connectivity index (χ0) is 15.5. The van der Waals surface area contributed by atoms with Crippen LogP contribution in [0.4, 0.5) is 4.39 Å². The number of nitrogens with one attached hydrogen (secondary N) is 1. The van der Waals surface area contributed by atoms with Crippen LogP contribution in [0.3, 0.4) is 0 Å². The third kappa shape index (κ3) is 4.81. The Morgan fingerprint density at radius 3 is 2.19 bits per heavy atom. The quantitative estimate of drug-likeness (QED) is 0.790. The van der Waals surface area contributed by atoms with Crippen LogP contribution in [0.5, 0.6) is 0 Å². The van der Waals surface area contributed by atoms with E-state index in [2.05, 4.69) is 33.0 Å². The second-order valence-corrected chi connectivity index (χ2v) is 7.77. The third-order valence-corrected chi connectivity index (χ3v) is 5.15. The molecule has 1 unspecified atom stereocenters. The fourth-order valence-electron chi connectivity index (χ4n) is 3.45. The Morgan fingerprint density at radius 1 is 1.10 bits per heavy atom. The van der Waals surface area contributed by atoms with E-state index in [0.717, 1.165) is 18.4 Å². The number of benzene rings is 1. The molecule has 0 amide bonds. The highest BCUT2D eigenvalue weighted by atomic mass is 19.1. The summed E-state index contributed by atoms with van der Waals surface area (Å²) >= 11 is 0. The average molecular weight is 291 g/mol. The second-order valence-electron chi connectivity index (χ2n) is 7.77. The summed E-state index contributed by atoms with van der Waals surface area (Å²) in [5, 5.41) is 3.62. The topological polar surface area (TPSA) is 12.0 Å². The molecular weight excluding hydrogens is 261 g/mol. The molecule has 1 saturated carbocycles. The predicted octanol–water partition coefficient (Wildman–Crippen LogP) is 5.33. The second kappa shape index (κ2) is 6.91. The molecule has 1 aromatic carbocycles. The van der Waals surface area contributed by atoms with Crippen LogP contribution in [-0.4, -0.2) is 6.54 Å². The monoisotopic (exact) mass is 291 g/mol. The Kier molecular flexibility index (Phi) is 5.43. The molecular formula is C19H30FN. The van der Waals surface area contributed by atoms with E-state index in [1.807, 2.05) is 12.1 Å². The van der Waals surface area contributed by atoms with Gasteiger partial charge in [0.05, 0.1) is 0 Å². The van der Waals surface area contributed by atoms with Gasteiger partial charge < -0.3 is 5.32 Å². The van der Waals surface area contributed by atoms with Crippen molar-refractivity contribution in [3.8, 4) is 0 Å². The molecule has 2 rings (SSSR count). The Labute approximate surface area is 129 Å². The SMILES string of the molecule is CC(NCC1CCC(C(C)(C)C)CC1)c1ccc(F)cc1. The van der Waals surface area contributed by atoms with Gasteiger partial charge in [-0.15, -0.1) is 0 Å². The summed E-state index contributed by atoms with van der Waals surface area (Å²) in [5.74, 6) is 1.52. The van der Waals surface area contributed by atoms with Crippen molar-refractivity contribution in [1.29, 1.82) is 0 Å². The van der Waals surface area contributed by atoms with Crippen LogP contribution in [0.1, 0.15) is 65.0 Å². The average Bonchev–Trinajstić information content (AvgIpc) is 2.45. The van der Waals surface area contributed by atoms with Gasteiger partial charge in [-0.25, -0.2) is 4.39 Å². The molecule has 0 heterocycles. The molecule has 1 atom stereocenters. The highest BCUT2D eigenvalue weighted by molar-refractivity contribution is 5.19. The maximum Gasteiger partial charge on any atom is 0.123 e. The van der Waals surface area contributed by atoms with E-state index in [-0.39, 0.29) is 5.82 Å². The molecule has 1 fully saturated rings. The van der Waals surface area contributed by atoms with Crippen molar-refractivity contribution in [3.63, 3.8) is 0 Å². The third-order valence-electron chi connectivity index (χ3n) is 5.15. The molecule has 0 radical (unpaired) electrons. The van der Waals surface area contributed by atoms with E-state index in [4.69, 9.17) is 0 Å². The van der Waals surface area contributed by atoms with E-state index < -0.39 is 0 Å². The molecule has 0 spiro atoms. The zero-order valence-corrected chi connectivity index (χ0v) is 14.0. The number of hydrogen-bond acceptors (Lipinski definition) is 1. The lowest BCUT2D eigenvalue weighted by Gasteiger charge is -2.37. The maximum atomic E-state index is 12.9. The van der Waals surface area contributed by atoms with Gasteiger partial charge in [-0.3, -0.25) is 0 Å². The van der Waals surface area contributed by atoms with Gasteiger partial charge in [-0.2, -0.15) is 0 Å². The molecule has 1 N–H and O–H groups in total. The highest BCUT2D eigenvalue weighted by Gasteiger charge is 2.29. The minimum absolute atomic E-state index is 0.161. The van der Waals surface area contributed by atoms with Crippen LogP contribution in [0.15, 0.2) is 24.3 Å². The molecule has 118 valence electrons. The van der Waals surface area contributed by atoms with Crippen molar-refractivity contribution in [2.24, 2.45) is 17.3 Å². The minimum atomic E-state index is -0.161. The lowest BCUT2D eigenvalue weighted by atomic mass is 9.70. The first-order chi connectivity index (χ1) is 9.86. The van der Waals surface area contributed by atoms with E-state index in [1.54, 1.807) is 12.1 Å². The van der Waals surface area contributed by atoms with Crippen molar-refractivity contribution in [2.75, 3.05) is 6.54 Å². The number of hydrogen-bond donors (Lipinski definition) is 1. The molecule has 2 heteroatoms. The largest absolute Gasteiger partial charge is 0.310 e. The van der Waals surface area contributed by atoms with Crippen molar-refractivity contribution >= 4 is 0 Å². The molecule has 0 bridgehead atoms. The standard InChI is InChI=1S/C19H30FN/c1-14(16-7-11-18(20)12-8-16)21-13-15-5-9-17(10-6-15)19(2,3)4/h7-8,11-12,14-15,17,21H,5-6,9-10,13H2,1-4H3. The smallest absolute Gasteiger partial charge is 0.123 e. The fraction of sp³-hybridized carbons (Fsp3) is 0.684. The van der Waals surface area contributed by atoms with Gasteiger partial charge in [-0.1, -0.05) is 32.9 Å². The molecule has 0 aromatic heterocycles. The summed E-state index contributed by atoms with van der Waals surface area (Å²) in [6.07, 6.45) is 5.40. The summed E-state index contributed by atoms with van der Waals surface area (Å²) in [6, 6.07) is 7.14. The van der Waals surface area contributed by atoms with E-state index in [9.17, 15) is 4.39 Å². The van der Waals surface area contributed by atoms with Crippen LogP contribution < -0.4 is 5.32 Å². The van der Waals surface area contributed by atoms with Crippen LogP contribution in [0.2, 0.25) is 0 Å². The highest BCUT2D eigenvalue weighted by Crippen LogP contribution is 2.39. The Hall–Kier alpha value is -0.890. The van der Waals surface area contributed by atoms with E-state index in [1.165, 1.54) is 31.2 Å². The Morgan fingerprint density at radius 2 is 1.67 bits per heavy atom. The van der Waals surface area contributed by atoms with Crippen LogP contribution in [0.25, 0.3) is 0 Å². The number of rotatable bonds is 4. The maximum absolute atomic E-state index is 12.9. The van der Waals surface area contributed by atoms with Crippen molar-refractivity contribution < 1.29 is 4.39 Å².